The molecule has 9 heteroatoms. The number of piperidine rings is 1. The van der Waals surface area contributed by atoms with Crippen LogP contribution in [0.3, 0.4) is 0 Å². The molecule has 0 spiro atoms. The number of aliphatic hydroxyl groups excluding tert-OH is 2. The number of likely N-dealkylation sites (tertiary alicyclic amines) is 1. The third kappa shape index (κ3) is 7.43. The Morgan fingerprint density at radius 3 is 2.68 bits per heavy atom. The van der Waals surface area contributed by atoms with Gasteiger partial charge in [0, 0.05) is 51.8 Å². The van der Waals surface area contributed by atoms with E-state index in [-0.39, 0.29) is 23.7 Å². The van der Waals surface area contributed by atoms with Crippen LogP contribution in [0.2, 0.25) is 10.0 Å². The lowest BCUT2D eigenvalue weighted by molar-refractivity contribution is -0.130. The van der Waals surface area contributed by atoms with Gasteiger partial charge in [0.25, 0.3) is 0 Å². The molecule has 2 aliphatic rings. The van der Waals surface area contributed by atoms with E-state index in [1.807, 2.05) is 0 Å². The van der Waals surface area contributed by atoms with Crippen molar-refractivity contribution in [2.24, 2.45) is 5.41 Å². The van der Waals surface area contributed by atoms with Crippen molar-refractivity contribution in [2.75, 3.05) is 45.8 Å². The number of β-amino-alcohol motifs (C(OH)–C–C–N with tert-alkyl or cyclic N) is 2. The van der Waals surface area contributed by atoms with Crippen LogP contribution in [0.25, 0.3) is 6.08 Å². The van der Waals surface area contributed by atoms with Gasteiger partial charge in [0.05, 0.1) is 22.3 Å². The summed E-state index contributed by atoms with van der Waals surface area (Å²) in [7, 11) is 0. The normalized spacial score (nSPS) is 22.8. The van der Waals surface area contributed by atoms with Crippen LogP contribution in [0, 0.1) is 5.41 Å². The van der Waals surface area contributed by atoms with Gasteiger partial charge in [-0.3, -0.25) is 14.5 Å². The van der Waals surface area contributed by atoms with Crippen molar-refractivity contribution >= 4 is 41.1 Å². The number of hydrogen-bond donors (Lipinski definition) is 2. The smallest absolute Gasteiger partial charge is 0.246 e. The highest BCUT2D eigenvalue weighted by Gasteiger charge is 2.34. The summed E-state index contributed by atoms with van der Waals surface area (Å²) in [5.41, 5.74) is 0.675. The second kappa shape index (κ2) is 11.9. The van der Waals surface area contributed by atoms with Gasteiger partial charge >= 0.3 is 0 Å². The lowest BCUT2D eigenvalue weighted by atomic mass is 9.80. The van der Waals surface area contributed by atoms with Gasteiger partial charge in [-0.2, -0.15) is 0 Å². The van der Waals surface area contributed by atoms with Gasteiger partial charge in [-0.25, -0.2) is 0 Å². The number of amides is 2. The number of rotatable bonds is 7. The van der Waals surface area contributed by atoms with Crippen LogP contribution in [0.15, 0.2) is 24.3 Å². The number of benzene rings is 1. The molecule has 2 saturated heterocycles. The van der Waals surface area contributed by atoms with E-state index in [0.717, 1.165) is 18.5 Å². The standard InChI is InChI=1S/C25H35Cl2N3O4/c1-25(2)9-12-28(17-22(25)32)16-19(31)7-10-29-13-14-30(11-8-24(29)34)23(33)6-4-18-3-5-20(26)21(27)15-18/h3-6,15,19,22,31-32H,7-14,16-17H2,1-2H3. The summed E-state index contributed by atoms with van der Waals surface area (Å²) in [6.45, 7) is 7.71. The molecule has 34 heavy (non-hydrogen) atoms. The summed E-state index contributed by atoms with van der Waals surface area (Å²) in [5, 5.41) is 21.7. The van der Waals surface area contributed by atoms with E-state index in [2.05, 4.69) is 18.7 Å². The number of carbonyl (C=O) groups is 2. The van der Waals surface area contributed by atoms with Gasteiger partial charge in [0.1, 0.15) is 0 Å². The number of carbonyl (C=O) groups excluding carboxylic acids is 2. The molecule has 2 aliphatic heterocycles. The van der Waals surface area contributed by atoms with Crippen molar-refractivity contribution in [3.8, 4) is 0 Å². The molecule has 0 aromatic heterocycles. The fourth-order valence-corrected chi connectivity index (χ4v) is 4.57. The zero-order valence-electron chi connectivity index (χ0n) is 19.9. The van der Waals surface area contributed by atoms with Crippen LogP contribution in [-0.4, -0.2) is 94.7 Å². The van der Waals surface area contributed by atoms with Crippen LogP contribution < -0.4 is 0 Å². The van der Waals surface area contributed by atoms with Gasteiger partial charge in [-0.15, -0.1) is 0 Å². The van der Waals surface area contributed by atoms with Gasteiger partial charge < -0.3 is 20.0 Å². The van der Waals surface area contributed by atoms with Crippen molar-refractivity contribution < 1.29 is 19.8 Å². The maximum Gasteiger partial charge on any atom is 0.246 e. The number of nitrogens with zero attached hydrogens (tertiary/aromatic N) is 3. The molecule has 2 heterocycles. The van der Waals surface area contributed by atoms with Crippen LogP contribution in [0.1, 0.15) is 38.7 Å². The summed E-state index contributed by atoms with van der Waals surface area (Å²) in [5.74, 6) is -0.168. The predicted octanol–water partition coefficient (Wildman–Crippen LogP) is 2.91. The predicted molar refractivity (Wildman–Crippen MR) is 135 cm³/mol. The molecule has 188 valence electrons. The first-order chi connectivity index (χ1) is 16.0. The van der Waals surface area contributed by atoms with E-state index in [0.29, 0.717) is 55.7 Å². The minimum absolute atomic E-state index is 0.00823. The molecule has 0 aliphatic carbocycles. The first-order valence-corrected chi connectivity index (χ1v) is 12.6. The highest BCUT2D eigenvalue weighted by molar-refractivity contribution is 6.42. The van der Waals surface area contributed by atoms with Crippen LogP contribution in [0.4, 0.5) is 0 Å². The summed E-state index contributed by atoms with van der Waals surface area (Å²) in [6.07, 6.45) is 3.80. The lowest BCUT2D eigenvalue weighted by Gasteiger charge is -2.41. The first-order valence-electron chi connectivity index (χ1n) is 11.8. The Labute approximate surface area is 211 Å². The molecule has 2 fully saturated rings. The number of hydrogen-bond acceptors (Lipinski definition) is 5. The Bertz CT molecular complexity index is 908. The molecular formula is C25H35Cl2N3O4. The summed E-state index contributed by atoms with van der Waals surface area (Å²) >= 11 is 11.9. The van der Waals surface area contributed by atoms with Crippen LogP contribution in [0.5, 0.6) is 0 Å². The fourth-order valence-electron chi connectivity index (χ4n) is 4.27. The van der Waals surface area contributed by atoms with E-state index >= 15 is 0 Å². The van der Waals surface area contributed by atoms with Gasteiger partial charge in [-0.05, 0) is 48.6 Å². The molecule has 2 atom stereocenters. The number of halogens is 2. The summed E-state index contributed by atoms with van der Waals surface area (Å²) in [4.78, 5) is 30.7. The average molecular weight is 512 g/mol. The maximum absolute atomic E-state index is 12.6. The van der Waals surface area contributed by atoms with Gasteiger partial charge in [0.2, 0.25) is 11.8 Å². The highest BCUT2D eigenvalue weighted by atomic mass is 35.5. The quantitative estimate of drug-likeness (QED) is 0.549. The summed E-state index contributed by atoms with van der Waals surface area (Å²) < 4.78 is 0. The van der Waals surface area contributed by atoms with Crippen molar-refractivity contribution in [3.05, 3.63) is 39.9 Å². The van der Waals surface area contributed by atoms with Crippen molar-refractivity contribution in [2.45, 2.75) is 45.3 Å². The molecule has 1 aromatic carbocycles. The fraction of sp³-hybridized carbons (Fsp3) is 0.600. The van der Waals surface area contributed by atoms with E-state index in [9.17, 15) is 19.8 Å². The average Bonchev–Trinajstić information content (AvgIpc) is 2.97. The molecule has 0 saturated carbocycles. The molecule has 7 nitrogen and oxygen atoms in total. The second-order valence-corrected chi connectivity index (χ2v) is 10.7. The third-order valence-electron chi connectivity index (χ3n) is 6.87. The Balaban J connectivity index is 1.45. The zero-order valence-corrected chi connectivity index (χ0v) is 21.4. The third-order valence-corrected chi connectivity index (χ3v) is 7.61. The minimum Gasteiger partial charge on any atom is -0.392 e. The lowest BCUT2D eigenvalue weighted by Crippen LogP contribution is -2.50. The maximum atomic E-state index is 12.6. The zero-order chi connectivity index (χ0) is 24.9. The Morgan fingerprint density at radius 2 is 1.97 bits per heavy atom. The molecule has 2 amide bonds. The molecular weight excluding hydrogens is 477 g/mol. The van der Waals surface area contributed by atoms with Crippen LogP contribution >= 0.6 is 23.2 Å². The highest BCUT2D eigenvalue weighted by Crippen LogP contribution is 2.30. The minimum atomic E-state index is -0.573. The molecule has 0 bridgehead atoms. The second-order valence-electron chi connectivity index (χ2n) is 9.92. The van der Waals surface area contributed by atoms with Crippen LogP contribution in [-0.2, 0) is 9.59 Å². The van der Waals surface area contributed by atoms with Crippen molar-refractivity contribution in [3.63, 3.8) is 0 Å². The van der Waals surface area contributed by atoms with Crippen molar-refractivity contribution in [1.82, 2.24) is 14.7 Å². The molecule has 0 radical (unpaired) electrons. The monoisotopic (exact) mass is 511 g/mol. The Hall–Kier alpha value is -1.64. The molecule has 3 rings (SSSR count). The van der Waals surface area contributed by atoms with E-state index in [1.165, 1.54) is 6.08 Å². The first kappa shape index (κ1) is 27.0. The molecule has 2 unspecified atom stereocenters. The van der Waals surface area contributed by atoms with E-state index in [4.69, 9.17) is 23.2 Å². The van der Waals surface area contributed by atoms with Gasteiger partial charge in [0.15, 0.2) is 0 Å². The number of aliphatic hydroxyl groups is 2. The van der Waals surface area contributed by atoms with E-state index < -0.39 is 12.2 Å². The topological polar surface area (TPSA) is 84.3 Å². The SMILES string of the molecule is CC1(C)CCN(CC(O)CCN2CCN(C(=O)C=Cc3ccc(Cl)c(Cl)c3)CCC2=O)CC1O. The molecule has 2 N–H and O–H groups in total. The van der Waals surface area contributed by atoms with Crippen molar-refractivity contribution in [1.29, 1.82) is 0 Å². The van der Waals surface area contributed by atoms with E-state index in [1.54, 1.807) is 34.1 Å². The summed E-state index contributed by atoms with van der Waals surface area (Å²) in [6, 6.07) is 5.15. The Kier molecular flexibility index (Phi) is 9.41. The molecule has 1 aromatic rings. The largest absolute Gasteiger partial charge is 0.392 e. The van der Waals surface area contributed by atoms with Gasteiger partial charge in [-0.1, -0.05) is 43.1 Å². The Morgan fingerprint density at radius 1 is 1.21 bits per heavy atom.